The zero-order chi connectivity index (χ0) is 18.5. The lowest BCUT2D eigenvalue weighted by Gasteiger charge is -2.20. The molecule has 0 heterocycles. The van der Waals surface area contributed by atoms with Gasteiger partial charge in [0, 0.05) is 18.2 Å². The van der Waals surface area contributed by atoms with E-state index in [0.717, 1.165) is 6.07 Å². The van der Waals surface area contributed by atoms with Crippen LogP contribution in [0.15, 0.2) is 18.2 Å². The number of amides is 1. The lowest BCUT2D eigenvalue weighted by Crippen LogP contribution is -2.32. The number of nitrogens with one attached hydrogen (secondary N) is 1. The number of rotatable bonds is 3. The van der Waals surface area contributed by atoms with E-state index < -0.39 is 29.3 Å². The van der Waals surface area contributed by atoms with Gasteiger partial charge in [-0.15, -0.1) is 0 Å². The Labute approximate surface area is 141 Å². The number of hydrogen-bond donors (Lipinski definition) is 1. The van der Waals surface area contributed by atoms with Gasteiger partial charge in [0.05, 0.1) is 0 Å². The molecular formula is C17H24FNO5. The summed E-state index contributed by atoms with van der Waals surface area (Å²) in [6.45, 7) is 10.2. The van der Waals surface area contributed by atoms with Crippen LogP contribution in [0.4, 0.5) is 14.0 Å². The Bertz CT molecular complexity index is 602. The summed E-state index contributed by atoms with van der Waals surface area (Å²) in [6, 6.07) is 3.88. The van der Waals surface area contributed by atoms with Gasteiger partial charge in [-0.2, -0.15) is 0 Å². The molecule has 6 nitrogen and oxygen atoms in total. The molecule has 0 aromatic heterocycles. The minimum Gasteiger partial charge on any atom is -0.444 e. The van der Waals surface area contributed by atoms with Crippen LogP contribution in [0.2, 0.25) is 0 Å². The highest BCUT2D eigenvalue weighted by molar-refractivity contribution is 5.67. The second-order valence-electron chi connectivity index (χ2n) is 7.18. The second kappa shape index (κ2) is 7.51. The molecule has 0 aliphatic heterocycles. The van der Waals surface area contributed by atoms with Crippen LogP contribution in [0, 0.1) is 5.82 Å². The number of hydrogen-bond acceptors (Lipinski definition) is 5. The number of halogens is 1. The first-order valence-corrected chi connectivity index (χ1v) is 7.52. The molecule has 0 bridgehead atoms. The monoisotopic (exact) mass is 341 g/mol. The SMILES string of the molecule is CC(C)(C)OC(=O)NCc1ccc(OC(=O)OC(C)(C)C)cc1F. The van der Waals surface area contributed by atoms with Crippen molar-refractivity contribution in [3.8, 4) is 5.75 Å². The third kappa shape index (κ3) is 7.80. The third-order valence-corrected chi connectivity index (χ3v) is 2.44. The molecule has 1 rings (SSSR count). The van der Waals surface area contributed by atoms with Gasteiger partial charge in [-0.1, -0.05) is 6.07 Å². The number of carbonyl (C=O) groups is 2. The van der Waals surface area contributed by atoms with Crippen LogP contribution in [-0.4, -0.2) is 23.5 Å². The summed E-state index contributed by atoms with van der Waals surface area (Å²) < 4.78 is 29.0. The van der Waals surface area contributed by atoms with Crippen molar-refractivity contribution in [1.29, 1.82) is 0 Å². The molecule has 0 unspecified atom stereocenters. The molecule has 0 atom stereocenters. The maximum Gasteiger partial charge on any atom is 0.514 e. The van der Waals surface area contributed by atoms with Crippen LogP contribution in [0.1, 0.15) is 47.1 Å². The fourth-order valence-corrected chi connectivity index (χ4v) is 1.58. The van der Waals surface area contributed by atoms with Gasteiger partial charge in [-0.25, -0.2) is 14.0 Å². The maximum atomic E-state index is 14.0. The van der Waals surface area contributed by atoms with Crippen molar-refractivity contribution in [2.45, 2.75) is 59.3 Å². The van der Waals surface area contributed by atoms with Crippen molar-refractivity contribution in [3.05, 3.63) is 29.6 Å². The first kappa shape index (κ1) is 19.7. The Balaban J connectivity index is 2.62. The third-order valence-electron chi connectivity index (χ3n) is 2.44. The van der Waals surface area contributed by atoms with Gasteiger partial charge in [0.2, 0.25) is 0 Å². The maximum absolute atomic E-state index is 14.0. The molecule has 1 amide bonds. The molecule has 0 aliphatic carbocycles. The van der Waals surface area contributed by atoms with Gasteiger partial charge in [0.15, 0.2) is 0 Å². The molecule has 1 N–H and O–H groups in total. The van der Waals surface area contributed by atoms with E-state index in [1.54, 1.807) is 41.5 Å². The van der Waals surface area contributed by atoms with Crippen molar-refractivity contribution < 1.29 is 28.2 Å². The smallest absolute Gasteiger partial charge is 0.444 e. The minimum absolute atomic E-state index is 0.0165. The van der Waals surface area contributed by atoms with Crippen LogP contribution in [0.3, 0.4) is 0 Å². The van der Waals surface area contributed by atoms with E-state index in [9.17, 15) is 14.0 Å². The van der Waals surface area contributed by atoms with Crippen molar-refractivity contribution in [3.63, 3.8) is 0 Å². The van der Waals surface area contributed by atoms with Crippen molar-refractivity contribution in [1.82, 2.24) is 5.32 Å². The summed E-state index contributed by atoms with van der Waals surface area (Å²) >= 11 is 0. The predicted octanol–water partition coefficient (Wildman–Crippen LogP) is 4.16. The van der Waals surface area contributed by atoms with E-state index in [1.807, 2.05) is 0 Å². The van der Waals surface area contributed by atoms with E-state index >= 15 is 0 Å². The first-order chi connectivity index (χ1) is 10.9. The topological polar surface area (TPSA) is 73.9 Å². The highest BCUT2D eigenvalue weighted by atomic mass is 19.1. The molecule has 0 spiro atoms. The Morgan fingerprint density at radius 3 is 2.12 bits per heavy atom. The fourth-order valence-electron chi connectivity index (χ4n) is 1.58. The first-order valence-electron chi connectivity index (χ1n) is 7.52. The van der Waals surface area contributed by atoms with Gasteiger partial charge in [-0.05, 0) is 47.6 Å². The average molecular weight is 341 g/mol. The van der Waals surface area contributed by atoms with Crippen molar-refractivity contribution in [2.24, 2.45) is 0 Å². The molecule has 134 valence electrons. The number of carbonyl (C=O) groups excluding carboxylic acids is 2. The largest absolute Gasteiger partial charge is 0.514 e. The number of alkyl carbamates (subject to hydrolysis) is 1. The number of benzene rings is 1. The molecule has 1 aromatic carbocycles. The average Bonchev–Trinajstić information content (AvgIpc) is 2.33. The van der Waals surface area contributed by atoms with Crippen LogP contribution in [0.5, 0.6) is 5.75 Å². The Kier molecular flexibility index (Phi) is 6.17. The molecule has 0 aliphatic rings. The van der Waals surface area contributed by atoms with E-state index in [1.165, 1.54) is 12.1 Å². The zero-order valence-corrected chi connectivity index (χ0v) is 14.9. The van der Waals surface area contributed by atoms with Crippen molar-refractivity contribution in [2.75, 3.05) is 0 Å². The van der Waals surface area contributed by atoms with Gasteiger partial charge in [-0.3, -0.25) is 0 Å². The summed E-state index contributed by atoms with van der Waals surface area (Å²) in [5, 5.41) is 2.45. The predicted molar refractivity (Wildman–Crippen MR) is 86.3 cm³/mol. The minimum atomic E-state index is -0.915. The highest BCUT2D eigenvalue weighted by Gasteiger charge is 2.19. The van der Waals surface area contributed by atoms with E-state index in [4.69, 9.17) is 14.2 Å². The van der Waals surface area contributed by atoms with E-state index in [0.29, 0.717) is 0 Å². The van der Waals surface area contributed by atoms with Crippen LogP contribution in [-0.2, 0) is 16.0 Å². The Hall–Kier alpha value is -2.31. The van der Waals surface area contributed by atoms with Crippen LogP contribution >= 0.6 is 0 Å². The molecule has 7 heteroatoms. The molecular weight excluding hydrogens is 317 g/mol. The summed E-state index contributed by atoms with van der Waals surface area (Å²) in [6.07, 6.45) is -1.56. The summed E-state index contributed by atoms with van der Waals surface area (Å²) in [7, 11) is 0. The number of ether oxygens (including phenoxy) is 3. The standard InChI is InChI=1S/C17H24FNO5/c1-16(2,3)23-14(20)19-10-11-7-8-12(9-13(11)18)22-15(21)24-17(4,5)6/h7-9H,10H2,1-6H3,(H,19,20). The summed E-state index contributed by atoms with van der Waals surface area (Å²) in [5.41, 5.74) is -1.10. The summed E-state index contributed by atoms with van der Waals surface area (Å²) in [4.78, 5) is 23.1. The Morgan fingerprint density at radius 2 is 1.62 bits per heavy atom. The summed E-state index contributed by atoms with van der Waals surface area (Å²) in [5.74, 6) is -0.602. The molecule has 0 radical (unpaired) electrons. The lowest BCUT2D eigenvalue weighted by atomic mass is 10.2. The molecule has 0 fully saturated rings. The zero-order valence-electron chi connectivity index (χ0n) is 14.9. The molecule has 0 saturated heterocycles. The molecule has 24 heavy (non-hydrogen) atoms. The molecule has 1 aromatic rings. The van der Waals surface area contributed by atoms with Crippen LogP contribution < -0.4 is 10.1 Å². The lowest BCUT2D eigenvalue weighted by molar-refractivity contribution is 0.0205. The van der Waals surface area contributed by atoms with E-state index in [2.05, 4.69) is 5.32 Å². The molecule has 0 saturated carbocycles. The van der Waals surface area contributed by atoms with E-state index in [-0.39, 0.29) is 17.9 Å². The van der Waals surface area contributed by atoms with Gasteiger partial charge in [0.25, 0.3) is 0 Å². The van der Waals surface area contributed by atoms with Crippen molar-refractivity contribution >= 4 is 12.2 Å². The van der Waals surface area contributed by atoms with Gasteiger partial charge in [0.1, 0.15) is 22.8 Å². The normalized spacial score (nSPS) is 11.6. The van der Waals surface area contributed by atoms with Gasteiger partial charge >= 0.3 is 12.2 Å². The van der Waals surface area contributed by atoms with Crippen LogP contribution in [0.25, 0.3) is 0 Å². The highest BCUT2D eigenvalue weighted by Crippen LogP contribution is 2.18. The quantitative estimate of drug-likeness (QED) is 0.660. The Morgan fingerprint density at radius 1 is 1.04 bits per heavy atom. The fraction of sp³-hybridized carbons (Fsp3) is 0.529. The second-order valence-corrected chi connectivity index (χ2v) is 7.18. The van der Waals surface area contributed by atoms with Gasteiger partial charge < -0.3 is 19.5 Å².